The third-order valence-electron chi connectivity index (χ3n) is 3.20. The van der Waals surface area contributed by atoms with E-state index in [0.717, 1.165) is 17.7 Å². The van der Waals surface area contributed by atoms with E-state index in [0.29, 0.717) is 5.92 Å². The molecule has 1 aromatic rings. The van der Waals surface area contributed by atoms with E-state index < -0.39 is 0 Å². The average Bonchev–Trinajstić information content (AvgIpc) is 2.29. The van der Waals surface area contributed by atoms with E-state index in [4.69, 9.17) is 10.6 Å². The van der Waals surface area contributed by atoms with Crippen LogP contribution >= 0.6 is 0 Å². The predicted molar refractivity (Wildman–Crippen MR) is 72.0 cm³/mol. The molecule has 1 rings (SSSR count). The van der Waals surface area contributed by atoms with Gasteiger partial charge in [0.15, 0.2) is 0 Å². The Bertz CT molecular complexity index is 375. The van der Waals surface area contributed by atoms with Crippen molar-refractivity contribution < 1.29 is 4.74 Å². The molecule has 96 valence electrons. The molecule has 3 heteroatoms. The summed E-state index contributed by atoms with van der Waals surface area (Å²) in [4.78, 5) is 0. The van der Waals surface area contributed by atoms with Crippen molar-refractivity contribution >= 4 is 0 Å². The molecule has 0 aliphatic rings. The average molecular weight is 236 g/mol. The van der Waals surface area contributed by atoms with Gasteiger partial charge in [-0.3, -0.25) is 11.3 Å². The first-order chi connectivity index (χ1) is 8.01. The summed E-state index contributed by atoms with van der Waals surface area (Å²) in [5, 5.41) is 0. The molecule has 0 fully saturated rings. The van der Waals surface area contributed by atoms with Crippen molar-refractivity contribution in [3.8, 4) is 5.75 Å². The van der Waals surface area contributed by atoms with Crippen LogP contribution in [0.1, 0.15) is 43.0 Å². The molecule has 3 N–H and O–H groups in total. The summed E-state index contributed by atoms with van der Waals surface area (Å²) in [7, 11) is 1.72. The molecule has 0 saturated carbocycles. The number of benzene rings is 1. The monoisotopic (exact) mass is 236 g/mol. The van der Waals surface area contributed by atoms with Crippen LogP contribution < -0.4 is 16.0 Å². The summed E-state index contributed by atoms with van der Waals surface area (Å²) in [6.07, 6.45) is 0.995. The summed E-state index contributed by atoms with van der Waals surface area (Å²) in [5.41, 5.74) is 6.47. The van der Waals surface area contributed by atoms with Gasteiger partial charge in [-0.1, -0.05) is 26.0 Å². The highest BCUT2D eigenvalue weighted by Crippen LogP contribution is 2.33. The van der Waals surface area contributed by atoms with Crippen LogP contribution in [0.25, 0.3) is 0 Å². The number of ether oxygens (including phenoxy) is 1. The molecular formula is C14H24N2O. The van der Waals surface area contributed by atoms with Crippen molar-refractivity contribution in [1.82, 2.24) is 5.43 Å². The van der Waals surface area contributed by atoms with E-state index >= 15 is 0 Å². The molecule has 0 aromatic heterocycles. The van der Waals surface area contributed by atoms with Gasteiger partial charge in [0.2, 0.25) is 0 Å². The summed E-state index contributed by atoms with van der Waals surface area (Å²) >= 11 is 0. The van der Waals surface area contributed by atoms with Crippen molar-refractivity contribution in [2.24, 2.45) is 11.8 Å². The fourth-order valence-corrected chi connectivity index (χ4v) is 2.11. The van der Waals surface area contributed by atoms with Crippen molar-refractivity contribution in [2.75, 3.05) is 7.11 Å². The van der Waals surface area contributed by atoms with Gasteiger partial charge in [0.1, 0.15) is 5.75 Å². The van der Waals surface area contributed by atoms with E-state index in [9.17, 15) is 0 Å². The lowest BCUT2D eigenvalue weighted by Gasteiger charge is -2.22. The van der Waals surface area contributed by atoms with Gasteiger partial charge in [0.25, 0.3) is 0 Å². The lowest BCUT2D eigenvalue weighted by atomic mass is 9.94. The zero-order valence-electron chi connectivity index (χ0n) is 11.5. The van der Waals surface area contributed by atoms with Crippen LogP contribution in [0.5, 0.6) is 5.75 Å². The Balaban J connectivity index is 3.14. The van der Waals surface area contributed by atoms with E-state index in [2.05, 4.69) is 45.3 Å². The minimum Gasteiger partial charge on any atom is -0.496 e. The van der Waals surface area contributed by atoms with Gasteiger partial charge in [-0.25, -0.2) is 0 Å². The summed E-state index contributed by atoms with van der Waals surface area (Å²) in [6, 6.07) is 4.37. The Labute approximate surface area is 104 Å². The zero-order valence-corrected chi connectivity index (χ0v) is 11.5. The van der Waals surface area contributed by atoms with E-state index in [1.807, 2.05) is 0 Å². The molecule has 0 amide bonds. The molecule has 0 radical (unpaired) electrons. The van der Waals surface area contributed by atoms with Gasteiger partial charge in [0, 0.05) is 11.6 Å². The number of nitrogens with one attached hydrogen (secondary N) is 1. The second-order valence-corrected chi connectivity index (χ2v) is 4.98. The quantitative estimate of drug-likeness (QED) is 0.610. The number of hydrogen-bond donors (Lipinski definition) is 2. The van der Waals surface area contributed by atoms with E-state index in [1.165, 1.54) is 11.1 Å². The Morgan fingerprint density at radius 3 is 2.41 bits per heavy atom. The second-order valence-electron chi connectivity index (χ2n) is 4.98. The molecule has 1 aromatic carbocycles. The van der Waals surface area contributed by atoms with E-state index in [-0.39, 0.29) is 6.04 Å². The second kappa shape index (κ2) is 6.03. The van der Waals surface area contributed by atoms with Crippen LogP contribution in [-0.4, -0.2) is 7.11 Å². The summed E-state index contributed by atoms with van der Waals surface area (Å²) in [6.45, 7) is 8.56. The lowest BCUT2D eigenvalue weighted by molar-refractivity contribution is 0.380. The SMILES string of the molecule is COc1c(C(CC(C)C)NN)ccc(C)c1C. The van der Waals surface area contributed by atoms with Crippen LogP contribution in [0.3, 0.4) is 0 Å². The molecule has 0 bridgehead atoms. The van der Waals surface area contributed by atoms with Crippen molar-refractivity contribution in [2.45, 2.75) is 40.2 Å². The van der Waals surface area contributed by atoms with Gasteiger partial charge in [-0.15, -0.1) is 0 Å². The maximum Gasteiger partial charge on any atom is 0.126 e. The van der Waals surface area contributed by atoms with E-state index in [1.54, 1.807) is 7.11 Å². The van der Waals surface area contributed by atoms with Crippen LogP contribution in [0.4, 0.5) is 0 Å². The first kappa shape index (κ1) is 14.0. The molecule has 0 aliphatic heterocycles. The molecule has 0 aliphatic carbocycles. The van der Waals surface area contributed by atoms with Gasteiger partial charge < -0.3 is 4.74 Å². The first-order valence-electron chi connectivity index (χ1n) is 6.11. The predicted octanol–water partition coefficient (Wildman–Crippen LogP) is 2.86. The molecule has 0 heterocycles. The van der Waals surface area contributed by atoms with Crippen LogP contribution in [-0.2, 0) is 0 Å². The van der Waals surface area contributed by atoms with Gasteiger partial charge in [0.05, 0.1) is 7.11 Å². The lowest BCUT2D eigenvalue weighted by Crippen LogP contribution is -2.29. The third kappa shape index (κ3) is 3.20. The van der Waals surface area contributed by atoms with Crippen LogP contribution in [0.2, 0.25) is 0 Å². The smallest absolute Gasteiger partial charge is 0.126 e. The maximum atomic E-state index is 5.66. The van der Waals surface area contributed by atoms with Gasteiger partial charge in [-0.05, 0) is 37.3 Å². The molecule has 1 atom stereocenters. The van der Waals surface area contributed by atoms with Gasteiger partial charge >= 0.3 is 0 Å². The van der Waals surface area contributed by atoms with Crippen LogP contribution in [0.15, 0.2) is 12.1 Å². The molecular weight excluding hydrogens is 212 g/mol. The Morgan fingerprint density at radius 1 is 1.29 bits per heavy atom. The minimum absolute atomic E-state index is 0.143. The topological polar surface area (TPSA) is 47.3 Å². The van der Waals surface area contributed by atoms with Gasteiger partial charge in [-0.2, -0.15) is 0 Å². The number of hydrogen-bond acceptors (Lipinski definition) is 3. The fourth-order valence-electron chi connectivity index (χ4n) is 2.11. The van der Waals surface area contributed by atoms with Crippen LogP contribution in [0, 0.1) is 19.8 Å². The largest absolute Gasteiger partial charge is 0.496 e. The van der Waals surface area contributed by atoms with Crippen molar-refractivity contribution in [3.05, 3.63) is 28.8 Å². The molecule has 1 unspecified atom stereocenters. The zero-order chi connectivity index (χ0) is 13.0. The molecule has 3 nitrogen and oxygen atoms in total. The highest BCUT2D eigenvalue weighted by molar-refractivity contribution is 5.46. The highest BCUT2D eigenvalue weighted by atomic mass is 16.5. The summed E-state index contributed by atoms with van der Waals surface area (Å²) < 4.78 is 5.53. The molecule has 0 saturated heterocycles. The summed E-state index contributed by atoms with van der Waals surface area (Å²) in [5.74, 6) is 7.20. The standard InChI is InChI=1S/C14H24N2O/c1-9(2)8-13(16-15)12-7-6-10(3)11(4)14(12)17-5/h6-7,9,13,16H,8,15H2,1-5H3. The maximum absolute atomic E-state index is 5.66. The Morgan fingerprint density at radius 2 is 1.94 bits per heavy atom. The third-order valence-corrected chi connectivity index (χ3v) is 3.20. The molecule has 0 spiro atoms. The fraction of sp³-hybridized carbons (Fsp3) is 0.571. The Hall–Kier alpha value is -1.06. The minimum atomic E-state index is 0.143. The highest BCUT2D eigenvalue weighted by Gasteiger charge is 2.18. The first-order valence-corrected chi connectivity index (χ1v) is 6.11. The normalized spacial score (nSPS) is 12.9. The van der Waals surface area contributed by atoms with Crippen molar-refractivity contribution in [1.29, 1.82) is 0 Å². The number of nitrogens with two attached hydrogens (primary N) is 1. The van der Waals surface area contributed by atoms with Crippen molar-refractivity contribution in [3.63, 3.8) is 0 Å². The molecule has 17 heavy (non-hydrogen) atoms. The number of rotatable bonds is 5. The number of hydrazine groups is 1. The number of methoxy groups -OCH3 is 1. The Kier molecular flexibility index (Phi) is 4.97. The number of aryl methyl sites for hydroxylation is 1.